The summed E-state index contributed by atoms with van der Waals surface area (Å²) in [6.45, 7) is -0.787. The summed E-state index contributed by atoms with van der Waals surface area (Å²) in [5.74, 6) is 2.06. The summed E-state index contributed by atoms with van der Waals surface area (Å²) in [5, 5.41) is 9.05. The largest absolute Gasteiger partial charge is 0.320 e. The van der Waals surface area contributed by atoms with E-state index in [1.807, 2.05) is 6.07 Å². The van der Waals surface area contributed by atoms with Crippen molar-refractivity contribution in [1.29, 1.82) is 5.26 Å². The van der Waals surface area contributed by atoms with Gasteiger partial charge in [0.05, 0.1) is 18.2 Å². The summed E-state index contributed by atoms with van der Waals surface area (Å²) >= 11 is 0. The molecule has 32 heavy (non-hydrogen) atoms. The van der Waals surface area contributed by atoms with E-state index in [0.29, 0.717) is 11.1 Å². The number of pyridine rings is 1. The predicted octanol–water partition coefficient (Wildman–Crippen LogP) is 3.69. The van der Waals surface area contributed by atoms with Crippen LogP contribution in [0, 0.1) is 23.2 Å². The van der Waals surface area contributed by atoms with Gasteiger partial charge in [-0.05, 0) is 48.6 Å². The minimum Gasteiger partial charge on any atom is -0.320 e. The molecule has 5 nitrogen and oxygen atoms in total. The third-order valence-electron chi connectivity index (χ3n) is 5.87. The lowest BCUT2D eigenvalue weighted by molar-refractivity contribution is -0.132. The number of carbonyl (C=O) groups is 2. The Bertz CT molecular complexity index is 1170. The smallest absolute Gasteiger partial charge is 0.268 e. The molecule has 1 atom stereocenters. The molecule has 1 aliphatic heterocycles. The number of hydrogen-bond donors (Lipinski definition) is 0. The van der Waals surface area contributed by atoms with E-state index in [-0.39, 0.29) is 18.6 Å². The van der Waals surface area contributed by atoms with Gasteiger partial charge in [-0.1, -0.05) is 17.9 Å². The van der Waals surface area contributed by atoms with Gasteiger partial charge in [0.15, 0.2) is 5.78 Å². The second-order valence-electron chi connectivity index (χ2n) is 8.16. The van der Waals surface area contributed by atoms with Crippen molar-refractivity contribution in [3.63, 3.8) is 0 Å². The van der Waals surface area contributed by atoms with Crippen molar-refractivity contribution in [3.05, 3.63) is 64.5 Å². The van der Waals surface area contributed by atoms with Gasteiger partial charge in [0, 0.05) is 42.8 Å². The van der Waals surface area contributed by atoms with Crippen molar-refractivity contribution in [2.75, 3.05) is 6.54 Å². The topological polar surface area (TPSA) is 74.1 Å². The van der Waals surface area contributed by atoms with E-state index in [1.165, 1.54) is 23.5 Å². The lowest BCUT2D eigenvalue weighted by atomic mass is 10.0. The summed E-state index contributed by atoms with van der Waals surface area (Å²) in [4.78, 5) is 30.0. The first kappa shape index (κ1) is 21.6. The monoisotopic (exact) mass is 433 g/mol. The number of halogens is 2. The van der Waals surface area contributed by atoms with E-state index < -0.39 is 30.8 Å². The molecular formula is C25H21F2N3O2. The second-order valence-corrected chi connectivity index (χ2v) is 8.16. The van der Waals surface area contributed by atoms with Crippen molar-refractivity contribution in [2.45, 2.75) is 50.5 Å². The quantitative estimate of drug-likeness (QED) is 0.545. The number of hydrogen-bond acceptors (Lipinski definition) is 4. The average Bonchev–Trinajstić information content (AvgIpc) is 3.38. The number of nitriles is 1. The number of alkyl halides is 2. The zero-order valence-corrected chi connectivity index (χ0v) is 17.4. The van der Waals surface area contributed by atoms with Gasteiger partial charge in [-0.25, -0.2) is 8.78 Å². The third-order valence-corrected chi connectivity index (χ3v) is 5.87. The van der Waals surface area contributed by atoms with Crippen LogP contribution < -0.4 is 0 Å². The Labute approximate surface area is 185 Å². The molecule has 1 fully saturated rings. The number of nitrogens with zero attached hydrogens (tertiary/aromatic N) is 3. The average molecular weight is 433 g/mol. The van der Waals surface area contributed by atoms with Gasteiger partial charge < -0.3 is 4.90 Å². The molecule has 1 aromatic heterocycles. The summed E-state index contributed by atoms with van der Waals surface area (Å²) in [6, 6.07) is 8.24. The molecule has 0 bridgehead atoms. The van der Waals surface area contributed by atoms with Crippen LogP contribution in [0.2, 0.25) is 0 Å². The number of aromatic nitrogens is 1. The molecule has 2 aliphatic rings. The lowest BCUT2D eigenvalue weighted by Gasteiger charge is -2.18. The number of benzene rings is 1. The van der Waals surface area contributed by atoms with E-state index in [1.54, 1.807) is 12.1 Å². The van der Waals surface area contributed by atoms with Crippen molar-refractivity contribution < 1.29 is 18.4 Å². The van der Waals surface area contributed by atoms with Crippen LogP contribution in [-0.4, -0.2) is 40.1 Å². The van der Waals surface area contributed by atoms with E-state index in [0.717, 1.165) is 29.7 Å². The fourth-order valence-corrected chi connectivity index (χ4v) is 4.22. The number of carbonyl (C=O) groups excluding carboxylic acids is 2. The van der Waals surface area contributed by atoms with Crippen LogP contribution in [0.25, 0.3) is 0 Å². The fourth-order valence-electron chi connectivity index (χ4n) is 4.22. The van der Waals surface area contributed by atoms with Gasteiger partial charge in [0.1, 0.15) is 6.04 Å². The van der Waals surface area contributed by atoms with E-state index in [4.69, 9.17) is 5.26 Å². The minimum atomic E-state index is -3.08. The molecule has 1 aromatic carbocycles. The van der Waals surface area contributed by atoms with Crippen molar-refractivity contribution in [3.8, 4) is 17.9 Å². The highest BCUT2D eigenvalue weighted by atomic mass is 19.3. The molecule has 162 valence electrons. The standard InChI is InChI=1S/C25H21F2N3O2/c26-25(27)13-21(14-28)30(16-25)24(32)9-8-23(31)22-10-11-29-15-20(22)7-5-17-4-6-18-2-1-3-19(18)12-17/h4,6,10-12,15,21H,1-3,8-9,13,16H2/t21-/m0/s1. The molecule has 7 heteroatoms. The molecule has 2 heterocycles. The third kappa shape index (κ3) is 4.68. The number of Topliss-reactive ketones (excluding diaryl/α,β-unsaturated/α-hetero) is 1. The predicted molar refractivity (Wildman–Crippen MR) is 113 cm³/mol. The van der Waals surface area contributed by atoms with Gasteiger partial charge in [0.2, 0.25) is 5.91 Å². The number of amides is 1. The molecule has 0 N–H and O–H groups in total. The highest BCUT2D eigenvalue weighted by Gasteiger charge is 2.47. The van der Waals surface area contributed by atoms with Gasteiger partial charge in [-0.3, -0.25) is 14.6 Å². The van der Waals surface area contributed by atoms with E-state index in [2.05, 4.69) is 29.0 Å². The number of aryl methyl sites for hydroxylation is 2. The lowest BCUT2D eigenvalue weighted by Crippen LogP contribution is -2.36. The molecule has 0 unspecified atom stereocenters. The van der Waals surface area contributed by atoms with Gasteiger partial charge in [-0.2, -0.15) is 5.26 Å². The molecule has 2 aromatic rings. The molecule has 0 radical (unpaired) electrons. The van der Waals surface area contributed by atoms with Crippen LogP contribution in [0.3, 0.4) is 0 Å². The van der Waals surface area contributed by atoms with E-state index >= 15 is 0 Å². The maximum Gasteiger partial charge on any atom is 0.268 e. The minimum absolute atomic E-state index is 0.156. The first-order chi connectivity index (χ1) is 15.4. The highest BCUT2D eigenvalue weighted by molar-refractivity contribution is 6.00. The van der Waals surface area contributed by atoms with Crippen molar-refractivity contribution in [2.24, 2.45) is 0 Å². The van der Waals surface area contributed by atoms with Crippen LogP contribution in [0.4, 0.5) is 8.78 Å². The zero-order chi connectivity index (χ0) is 22.7. The van der Waals surface area contributed by atoms with Crippen LogP contribution in [0.15, 0.2) is 36.7 Å². The fraction of sp³-hybridized carbons (Fsp3) is 0.360. The summed E-state index contributed by atoms with van der Waals surface area (Å²) in [5.41, 5.74) is 4.31. The van der Waals surface area contributed by atoms with Gasteiger partial charge in [0.25, 0.3) is 5.92 Å². The number of fused-ring (bicyclic) bond motifs is 1. The SMILES string of the molecule is N#C[C@@H]1CC(F)(F)CN1C(=O)CCC(=O)c1ccncc1C#Cc1ccc2c(c1)CCC2. The maximum atomic E-state index is 13.6. The van der Waals surface area contributed by atoms with Crippen LogP contribution in [0.1, 0.15) is 58.3 Å². The first-order valence-electron chi connectivity index (χ1n) is 10.5. The number of likely N-dealkylation sites (tertiary alicyclic amines) is 1. The molecule has 4 rings (SSSR count). The zero-order valence-electron chi connectivity index (χ0n) is 17.4. The second kappa shape index (κ2) is 8.88. The highest BCUT2D eigenvalue weighted by Crippen LogP contribution is 2.32. The summed E-state index contributed by atoms with van der Waals surface area (Å²) < 4.78 is 27.1. The number of ketones is 1. The first-order valence-corrected chi connectivity index (χ1v) is 10.5. The Morgan fingerprint density at radius 2 is 1.97 bits per heavy atom. The van der Waals surface area contributed by atoms with Gasteiger partial charge in [-0.15, -0.1) is 0 Å². The molecule has 1 saturated heterocycles. The maximum absolute atomic E-state index is 13.6. The number of rotatable bonds is 4. The molecule has 0 spiro atoms. The Morgan fingerprint density at radius 1 is 1.16 bits per heavy atom. The van der Waals surface area contributed by atoms with E-state index in [9.17, 15) is 18.4 Å². The molecule has 1 amide bonds. The Morgan fingerprint density at radius 3 is 2.78 bits per heavy atom. The summed E-state index contributed by atoms with van der Waals surface area (Å²) in [7, 11) is 0. The Kier molecular flexibility index (Phi) is 6.01. The van der Waals surface area contributed by atoms with Crippen LogP contribution in [0.5, 0.6) is 0 Å². The van der Waals surface area contributed by atoms with Crippen molar-refractivity contribution in [1.82, 2.24) is 9.88 Å². The normalized spacial score (nSPS) is 18.4. The molecule has 0 saturated carbocycles. The van der Waals surface area contributed by atoms with Crippen LogP contribution in [-0.2, 0) is 17.6 Å². The van der Waals surface area contributed by atoms with Crippen molar-refractivity contribution >= 4 is 11.7 Å². The Hall–Kier alpha value is -3.58. The molecule has 1 aliphatic carbocycles. The van der Waals surface area contributed by atoms with Gasteiger partial charge >= 0.3 is 0 Å². The molecular weight excluding hydrogens is 412 g/mol. The Balaban J connectivity index is 1.44. The summed E-state index contributed by atoms with van der Waals surface area (Å²) in [6.07, 6.45) is 5.19. The van der Waals surface area contributed by atoms with Crippen LogP contribution >= 0.6 is 0 Å².